The van der Waals surface area contributed by atoms with Gasteiger partial charge in [-0.25, -0.2) is 0 Å². The van der Waals surface area contributed by atoms with E-state index in [9.17, 15) is 0 Å². The molecule has 0 N–H and O–H groups in total. The average molecular weight is 283 g/mol. The van der Waals surface area contributed by atoms with Crippen LogP contribution in [0.1, 0.15) is 60.3 Å². The van der Waals surface area contributed by atoms with Gasteiger partial charge in [-0.1, -0.05) is 6.92 Å². The third kappa shape index (κ3) is 3.20. The van der Waals surface area contributed by atoms with Gasteiger partial charge in [-0.05, 0) is 59.3 Å². The number of hydrogen-bond acceptors (Lipinski definition) is 3. The van der Waals surface area contributed by atoms with Gasteiger partial charge in [0, 0.05) is 24.7 Å². The molecular formula is C17H33NO2. The fourth-order valence-corrected chi connectivity index (χ4v) is 4.27. The first kappa shape index (κ1) is 16.3. The Morgan fingerprint density at radius 1 is 1.10 bits per heavy atom. The monoisotopic (exact) mass is 283 g/mol. The quantitative estimate of drug-likeness (QED) is 0.745. The van der Waals surface area contributed by atoms with Crippen LogP contribution in [0, 0.1) is 5.92 Å². The molecule has 2 saturated heterocycles. The van der Waals surface area contributed by atoms with Gasteiger partial charge in [0.2, 0.25) is 0 Å². The normalized spacial score (nSPS) is 39.5. The van der Waals surface area contributed by atoms with Gasteiger partial charge in [-0.3, -0.25) is 4.90 Å². The third-order valence-corrected chi connectivity index (χ3v) is 5.38. The molecule has 2 aliphatic rings. The van der Waals surface area contributed by atoms with Crippen molar-refractivity contribution in [3.63, 3.8) is 0 Å². The van der Waals surface area contributed by atoms with Crippen LogP contribution in [-0.4, -0.2) is 48.4 Å². The largest absolute Gasteiger partial charge is 0.381 e. The highest BCUT2D eigenvalue weighted by atomic mass is 16.5. The number of nitrogens with zero attached hydrogens (tertiary/aromatic N) is 1. The fourth-order valence-electron chi connectivity index (χ4n) is 4.27. The van der Waals surface area contributed by atoms with E-state index in [4.69, 9.17) is 9.47 Å². The van der Waals surface area contributed by atoms with Crippen molar-refractivity contribution in [1.82, 2.24) is 4.90 Å². The van der Waals surface area contributed by atoms with Crippen LogP contribution in [0.2, 0.25) is 0 Å². The Balaban J connectivity index is 2.01. The van der Waals surface area contributed by atoms with Crippen molar-refractivity contribution in [2.45, 2.75) is 83.6 Å². The summed E-state index contributed by atoms with van der Waals surface area (Å²) in [5.41, 5.74) is 0.638. The highest BCUT2D eigenvalue weighted by molar-refractivity contribution is 5.11. The topological polar surface area (TPSA) is 21.7 Å². The second-order valence-corrected chi connectivity index (χ2v) is 7.86. The summed E-state index contributed by atoms with van der Waals surface area (Å²) in [6, 6.07) is 0. The van der Waals surface area contributed by atoms with E-state index in [1.54, 1.807) is 0 Å². The minimum atomic E-state index is 0.319. The Hall–Kier alpha value is -0.120. The van der Waals surface area contributed by atoms with Gasteiger partial charge in [-0.15, -0.1) is 0 Å². The van der Waals surface area contributed by atoms with Crippen LogP contribution >= 0.6 is 0 Å². The fraction of sp³-hybridized carbons (Fsp3) is 1.00. The second kappa shape index (κ2) is 5.94. The van der Waals surface area contributed by atoms with Gasteiger partial charge in [-0.2, -0.15) is 0 Å². The Labute approximate surface area is 125 Å². The van der Waals surface area contributed by atoms with Crippen LogP contribution in [0.4, 0.5) is 0 Å². The van der Waals surface area contributed by atoms with Crippen molar-refractivity contribution in [3.8, 4) is 0 Å². The summed E-state index contributed by atoms with van der Waals surface area (Å²) < 4.78 is 11.5. The van der Waals surface area contributed by atoms with Crippen LogP contribution < -0.4 is 0 Å². The Bertz CT molecular complexity index is 313. The van der Waals surface area contributed by atoms with Gasteiger partial charge < -0.3 is 9.47 Å². The van der Waals surface area contributed by atoms with Crippen LogP contribution in [-0.2, 0) is 9.47 Å². The Morgan fingerprint density at radius 3 is 2.10 bits per heavy atom. The SMILES string of the molecule is CO[C@H]1C[C@]2(C)CC[C@](C)(C1)N2C[C@@H](C)COC(C)C. The molecule has 0 aromatic rings. The molecule has 0 aromatic carbocycles. The van der Waals surface area contributed by atoms with Gasteiger partial charge in [0.05, 0.1) is 18.8 Å². The summed E-state index contributed by atoms with van der Waals surface area (Å²) in [5, 5.41) is 0. The molecule has 3 nitrogen and oxygen atoms in total. The molecule has 0 amide bonds. The van der Waals surface area contributed by atoms with E-state index in [1.165, 1.54) is 25.7 Å². The lowest BCUT2D eigenvalue weighted by molar-refractivity contribution is -0.0781. The first-order valence-electron chi connectivity index (χ1n) is 8.21. The molecule has 0 aliphatic carbocycles. The smallest absolute Gasteiger partial charge is 0.0606 e. The molecule has 2 heterocycles. The molecule has 0 saturated carbocycles. The molecule has 3 heteroatoms. The summed E-state index contributed by atoms with van der Waals surface area (Å²) in [5.74, 6) is 0.591. The lowest BCUT2D eigenvalue weighted by atomic mass is 9.83. The molecule has 20 heavy (non-hydrogen) atoms. The molecule has 0 radical (unpaired) electrons. The summed E-state index contributed by atoms with van der Waals surface area (Å²) >= 11 is 0. The number of hydrogen-bond donors (Lipinski definition) is 0. The van der Waals surface area contributed by atoms with Crippen molar-refractivity contribution in [2.24, 2.45) is 5.92 Å². The predicted octanol–water partition coefficient (Wildman–Crippen LogP) is 3.47. The van der Waals surface area contributed by atoms with Gasteiger partial charge in [0.15, 0.2) is 0 Å². The number of fused-ring (bicyclic) bond motifs is 2. The average Bonchev–Trinajstić information content (AvgIpc) is 2.53. The van der Waals surface area contributed by atoms with Crippen LogP contribution in [0.3, 0.4) is 0 Å². The summed E-state index contributed by atoms with van der Waals surface area (Å²) in [6.45, 7) is 13.4. The third-order valence-electron chi connectivity index (χ3n) is 5.38. The maximum absolute atomic E-state index is 5.79. The summed E-state index contributed by atoms with van der Waals surface area (Å²) in [6.07, 6.45) is 5.74. The van der Waals surface area contributed by atoms with E-state index in [1.807, 2.05) is 7.11 Å². The van der Waals surface area contributed by atoms with E-state index in [0.717, 1.165) is 13.2 Å². The first-order chi connectivity index (χ1) is 9.29. The number of rotatable bonds is 6. The van der Waals surface area contributed by atoms with Crippen LogP contribution in [0.15, 0.2) is 0 Å². The standard InChI is InChI=1S/C17H33NO2/c1-13(2)20-12-14(3)11-18-16(4)7-8-17(18,5)10-15(9-16)19-6/h13-15H,7-12H2,1-6H3/t14-,15-,16-,17+/m1/s1. The van der Waals surface area contributed by atoms with Crippen molar-refractivity contribution in [3.05, 3.63) is 0 Å². The number of ether oxygens (including phenoxy) is 2. The van der Waals surface area contributed by atoms with E-state index < -0.39 is 0 Å². The molecule has 4 atom stereocenters. The van der Waals surface area contributed by atoms with Crippen LogP contribution in [0.25, 0.3) is 0 Å². The molecule has 118 valence electrons. The van der Waals surface area contributed by atoms with Crippen molar-refractivity contribution < 1.29 is 9.47 Å². The predicted molar refractivity (Wildman–Crippen MR) is 83.0 cm³/mol. The molecule has 0 unspecified atom stereocenters. The number of piperidine rings is 1. The Kier molecular flexibility index (Phi) is 4.83. The zero-order chi connectivity index (χ0) is 15.0. The molecule has 2 aliphatic heterocycles. The van der Waals surface area contributed by atoms with Gasteiger partial charge in [0.1, 0.15) is 0 Å². The molecular weight excluding hydrogens is 250 g/mol. The number of methoxy groups -OCH3 is 1. The zero-order valence-corrected chi connectivity index (χ0v) is 14.2. The van der Waals surface area contributed by atoms with Gasteiger partial charge in [0.25, 0.3) is 0 Å². The Morgan fingerprint density at radius 2 is 1.65 bits per heavy atom. The van der Waals surface area contributed by atoms with E-state index in [2.05, 4.69) is 39.5 Å². The van der Waals surface area contributed by atoms with Crippen molar-refractivity contribution in [2.75, 3.05) is 20.3 Å². The summed E-state index contributed by atoms with van der Waals surface area (Å²) in [4.78, 5) is 2.77. The maximum atomic E-state index is 5.79. The highest BCUT2D eigenvalue weighted by Gasteiger charge is 2.55. The minimum Gasteiger partial charge on any atom is -0.381 e. The van der Waals surface area contributed by atoms with Crippen molar-refractivity contribution >= 4 is 0 Å². The van der Waals surface area contributed by atoms with E-state index in [-0.39, 0.29) is 0 Å². The highest BCUT2D eigenvalue weighted by Crippen LogP contribution is 2.51. The molecule has 2 bridgehead atoms. The maximum Gasteiger partial charge on any atom is 0.0606 e. The lowest BCUT2D eigenvalue weighted by Crippen LogP contribution is -2.59. The van der Waals surface area contributed by atoms with Crippen LogP contribution in [0.5, 0.6) is 0 Å². The molecule has 2 rings (SSSR count). The zero-order valence-electron chi connectivity index (χ0n) is 14.2. The minimum absolute atomic E-state index is 0.319. The van der Waals surface area contributed by atoms with Gasteiger partial charge >= 0.3 is 0 Å². The lowest BCUT2D eigenvalue weighted by Gasteiger charge is -2.51. The molecule has 2 fully saturated rings. The van der Waals surface area contributed by atoms with E-state index >= 15 is 0 Å². The van der Waals surface area contributed by atoms with Crippen molar-refractivity contribution in [1.29, 1.82) is 0 Å². The molecule has 0 aromatic heterocycles. The molecule has 0 spiro atoms. The first-order valence-corrected chi connectivity index (χ1v) is 8.21. The second-order valence-electron chi connectivity index (χ2n) is 7.86. The summed E-state index contributed by atoms with van der Waals surface area (Å²) in [7, 11) is 1.87. The van der Waals surface area contributed by atoms with E-state index in [0.29, 0.717) is 29.2 Å².